The van der Waals surface area contributed by atoms with Crippen LogP contribution >= 0.6 is 0 Å². The zero-order chi connectivity index (χ0) is 13.6. The van der Waals surface area contributed by atoms with Crippen molar-refractivity contribution in [2.24, 2.45) is 5.41 Å². The first kappa shape index (κ1) is 14.8. The summed E-state index contributed by atoms with van der Waals surface area (Å²) in [6, 6.07) is 0. The summed E-state index contributed by atoms with van der Waals surface area (Å²) in [5, 5.41) is 3.16. The van der Waals surface area contributed by atoms with Crippen LogP contribution < -0.4 is 5.32 Å². The van der Waals surface area contributed by atoms with E-state index in [4.69, 9.17) is 4.74 Å². The summed E-state index contributed by atoms with van der Waals surface area (Å²) in [6.07, 6.45) is 9.26. The van der Waals surface area contributed by atoms with Gasteiger partial charge in [0.05, 0.1) is 13.2 Å². The van der Waals surface area contributed by atoms with Crippen molar-refractivity contribution in [2.75, 3.05) is 39.9 Å². The Balaban J connectivity index is 1.78. The first-order chi connectivity index (χ1) is 9.26. The Kier molecular flexibility index (Phi) is 5.64. The second-order valence-corrected chi connectivity index (χ2v) is 6.15. The third kappa shape index (κ3) is 4.18. The lowest BCUT2D eigenvalue weighted by atomic mass is 9.69. The van der Waals surface area contributed by atoms with Crippen LogP contribution in [0.4, 0.5) is 0 Å². The predicted molar refractivity (Wildman–Crippen MR) is 76.1 cm³/mol. The topological polar surface area (TPSA) is 41.6 Å². The van der Waals surface area contributed by atoms with Crippen LogP contribution in [0.1, 0.15) is 44.9 Å². The van der Waals surface area contributed by atoms with Crippen LogP contribution in [-0.4, -0.2) is 50.7 Å². The standard InChI is InChI=1S/C15H28N2O2/c1-19-11-9-16-12-14(18)17-10-5-8-15(13-17)6-3-2-4-7-15/h16H,2-13H2,1H3. The van der Waals surface area contributed by atoms with E-state index >= 15 is 0 Å². The Morgan fingerprint density at radius 1 is 1.21 bits per heavy atom. The van der Waals surface area contributed by atoms with E-state index in [2.05, 4.69) is 10.2 Å². The smallest absolute Gasteiger partial charge is 0.236 e. The highest BCUT2D eigenvalue weighted by atomic mass is 16.5. The lowest BCUT2D eigenvalue weighted by Gasteiger charge is -2.45. The molecule has 0 atom stereocenters. The largest absolute Gasteiger partial charge is 0.383 e. The average molecular weight is 268 g/mol. The Morgan fingerprint density at radius 3 is 2.68 bits per heavy atom. The van der Waals surface area contributed by atoms with E-state index in [1.807, 2.05) is 0 Å². The number of hydrogen-bond donors (Lipinski definition) is 1. The Bertz CT molecular complexity index is 282. The van der Waals surface area contributed by atoms with Crippen molar-refractivity contribution < 1.29 is 9.53 Å². The monoisotopic (exact) mass is 268 g/mol. The second-order valence-electron chi connectivity index (χ2n) is 6.15. The molecular weight excluding hydrogens is 240 g/mol. The van der Waals surface area contributed by atoms with Gasteiger partial charge in [-0.05, 0) is 31.1 Å². The van der Waals surface area contributed by atoms with E-state index < -0.39 is 0 Å². The minimum Gasteiger partial charge on any atom is -0.383 e. The summed E-state index contributed by atoms with van der Waals surface area (Å²) in [5.41, 5.74) is 0.457. The fraction of sp³-hybridized carbons (Fsp3) is 0.933. The van der Waals surface area contributed by atoms with Crippen LogP contribution in [0.5, 0.6) is 0 Å². The van der Waals surface area contributed by atoms with E-state index in [1.54, 1.807) is 7.11 Å². The maximum absolute atomic E-state index is 12.2. The number of piperidine rings is 1. The number of likely N-dealkylation sites (tertiary alicyclic amines) is 1. The molecule has 1 saturated heterocycles. The first-order valence-electron chi connectivity index (χ1n) is 7.73. The number of carbonyl (C=O) groups excluding carboxylic acids is 1. The van der Waals surface area contributed by atoms with Crippen molar-refractivity contribution in [3.05, 3.63) is 0 Å². The molecule has 0 bridgehead atoms. The number of amides is 1. The normalized spacial score (nSPS) is 22.7. The van der Waals surface area contributed by atoms with E-state index in [-0.39, 0.29) is 5.91 Å². The van der Waals surface area contributed by atoms with Crippen LogP contribution in [0.3, 0.4) is 0 Å². The van der Waals surface area contributed by atoms with Crippen molar-refractivity contribution in [1.82, 2.24) is 10.2 Å². The summed E-state index contributed by atoms with van der Waals surface area (Å²) in [4.78, 5) is 14.3. The van der Waals surface area contributed by atoms with Crippen molar-refractivity contribution in [1.29, 1.82) is 0 Å². The average Bonchev–Trinajstić information content (AvgIpc) is 2.44. The van der Waals surface area contributed by atoms with Gasteiger partial charge in [0.1, 0.15) is 0 Å². The summed E-state index contributed by atoms with van der Waals surface area (Å²) >= 11 is 0. The summed E-state index contributed by atoms with van der Waals surface area (Å²) in [6.45, 7) is 3.82. The van der Waals surface area contributed by atoms with E-state index in [0.717, 1.165) is 19.6 Å². The fourth-order valence-electron chi connectivity index (χ4n) is 3.61. The highest BCUT2D eigenvalue weighted by molar-refractivity contribution is 5.78. The Labute approximate surface area is 116 Å². The van der Waals surface area contributed by atoms with Crippen LogP contribution in [-0.2, 0) is 9.53 Å². The molecular formula is C15H28N2O2. The molecule has 19 heavy (non-hydrogen) atoms. The van der Waals surface area contributed by atoms with Crippen LogP contribution in [0, 0.1) is 5.41 Å². The molecule has 4 nitrogen and oxygen atoms in total. The SMILES string of the molecule is COCCNCC(=O)N1CCCC2(CCCCC2)C1. The number of nitrogens with one attached hydrogen (secondary N) is 1. The minimum atomic E-state index is 0.265. The number of rotatable bonds is 5. The summed E-state index contributed by atoms with van der Waals surface area (Å²) in [7, 11) is 1.68. The molecule has 1 spiro atoms. The third-order valence-corrected chi connectivity index (χ3v) is 4.69. The van der Waals surface area contributed by atoms with Crippen molar-refractivity contribution in [3.8, 4) is 0 Å². The molecule has 2 rings (SSSR count). The zero-order valence-electron chi connectivity index (χ0n) is 12.2. The lowest BCUT2D eigenvalue weighted by molar-refractivity contribution is -0.134. The number of nitrogens with zero attached hydrogens (tertiary/aromatic N) is 1. The van der Waals surface area contributed by atoms with Gasteiger partial charge in [-0.1, -0.05) is 19.3 Å². The molecule has 0 unspecified atom stereocenters. The number of methoxy groups -OCH3 is 1. The molecule has 2 aliphatic rings. The van der Waals surface area contributed by atoms with Gasteiger partial charge in [0, 0.05) is 26.7 Å². The van der Waals surface area contributed by atoms with Crippen molar-refractivity contribution in [2.45, 2.75) is 44.9 Å². The molecule has 1 saturated carbocycles. The van der Waals surface area contributed by atoms with Crippen molar-refractivity contribution in [3.63, 3.8) is 0 Å². The van der Waals surface area contributed by atoms with Gasteiger partial charge < -0.3 is 15.0 Å². The third-order valence-electron chi connectivity index (χ3n) is 4.69. The highest BCUT2D eigenvalue weighted by Crippen LogP contribution is 2.43. The molecule has 0 aromatic heterocycles. The fourth-order valence-corrected chi connectivity index (χ4v) is 3.61. The van der Waals surface area contributed by atoms with Crippen molar-refractivity contribution >= 4 is 5.91 Å². The van der Waals surface area contributed by atoms with E-state index in [1.165, 1.54) is 44.9 Å². The molecule has 1 N–H and O–H groups in total. The van der Waals surface area contributed by atoms with Gasteiger partial charge in [-0.15, -0.1) is 0 Å². The summed E-state index contributed by atoms with van der Waals surface area (Å²) in [5.74, 6) is 0.265. The molecule has 0 aromatic carbocycles. The number of ether oxygens (including phenoxy) is 1. The highest BCUT2D eigenvalue weighted by Gasteiger charge is 2.37. The molecule has 1 aliphatic heterocycles. The van der Waals surface area contributed by atoms with Gasteiger partial charge in [-0.25, -0.2) is 0 Å². The molecule has 1 aliphatic carbocycles. The van der Waals surface area contributed by atoms with Gasteiger partial charge in [-0.3, -0.25) is 4.79 Å². The second kappa shape index (κ2) is 7.25. The molecule has 110 valence electrons. The molecule has 1 amide bonds. The minimum absolute atomic E-state index is 0.265. The molecule has 0 radical (unpaired) electrons. The van der Waals surface area contributed by atoms with Gasteiger partial charge in [0.25, 0.3) is 0 Å². The quantitative estimate of drug-likeness (QED) is 0.773. The molecule has 0 aromatic rings. The van der Waals surface area contributed by atoms with Gasteiger partial charge in [-0.2, -0.15) is 0 Å². The van der Waals surface area contributed by atoms with E-state index in [0.29, 0.717) is 18.6 Å². The Hall–Kier alpha value is -0.610. The maximum atomic E-state index is 12.2. The maximum Gasteiger partial charge on any atom is 0.236 e. The van der Waals surface area contributed by atoms with Gasteiger partial charge >= 0.3 is 0 Å². The lowest BCUT2D eigenvalue weighted by Crippen LogP contribution is -2.49. The van der Waals surface area contributed by atoms with E-state index in [9.17, 15) is 4.79 Å². The summed E-state index contributed by atoms with van der Waals surface area (Å²) < 4.78 is 4.97. The van der Waals surface area contributed by atoms with Crippen LogP contribution in [0.25, 0.3) is 0 Å². The first-order valence-corrected chi connectivity index (χ1v) is 7.73. The zero-order valence-corrected chi connectivity index (χ0v) is 12.2. The Morgan fingerprint density at radius 2 is 1.95 bits per heavy atom. The molecule has 2 fully saturated rings. The predicted octanol–water partition coefficient (Wildman–Crippen LogP) is 1.80. The molecule has 4 heteroatoms. The van der Waals surface area contributed by atoms with Gasteiger partial charge in [0.15, 0.2) is 0 Å². The van der Waals surface area contributed by atoms with Crippen LogP contribution in [0.2, 0.25) is 0 Å². The van der Waals surface area contributed by atoms with Crippen LogP contribution in [0.15, 0.2) is 0 Å². The number of hydrogen-bond acceptors (Lipinski definition) is 3. The number of carbonyl (C=O) groups is 1. The van der Waals surface area contributed by atoms with Gasteiger partial charge in [0.2, 0.25) is 5.91 Å². The molecule has 1 heterocycles.